The van der Waals surface area contributed by atoms with Crippen LogP contribution in [0.25, 0.3) is 0 Å². The third kappa shape index (κ3) is 3.88. The summed E-state index contributed by atoms with van der Waals surface area (Å²) < 4.78 is 0. The fourth-order valence-electron chi connectivity index (χ4n) is 4.01. The van der Waals surface area contributed by atoms with Crippen LogP contribution in [0.1, 0.15) is 52.0 Å². The number of hydrogen-bond acceptors (Lipinski definition) is 4. The second-order valence-electron chi connectivity index (χ2n) is 7.65. The average Bonchev–Trinajstić information content (AvgIpc) is 3.33. The smallest absolute Gasteiger partial charge is 0.261 e. The molecule has 4 rings (SSSR count). The Labute approximate surface area is 170 Å². The summed E-state index contributed by atoms with van der Waals surface area (Å²) >= 11 is 0. The first-order chi connectivity index (χ1) is 14.0. The monoisotopic (exact) mass is 391 g/mol. The van der Waals surface area contributed by atoms with Crippen molar-refractivity contribution in [2.45, 2.75) is 32.6 Å². The summed E-state index contributed by atoms with van der Waals surface area (Å²) in [5, 5.41) is 2.95. The number of carbonyl (C=O) groups is 3. The molecular formula is C23H25N3O3. The highest BCUT2D eigenvalue weighted by Crippen LogP contribution is 2.26. The Morgan fingerprint density at radius 2 is 1.66 bits per heavy atom. The zero-order chi connectivity index (χ0) is 20.4. The van der Waals surface area contributed by atoms with Gasteiger partial charge in [-0.2, -0.15) is 0 Å². The van der Waals surface area contributed by atoms with Crippen molar-refractivity contribution in [2.24, 2.45) is 0 Å². The molecule has 0 spiro atoms. The minimum absolute atomic E-state index is 0.112. The summed E-state index contributed by atoms with van der Waals surface area (Å²) in [6, 6.07) is 12.9. The van der Waals surface area contributed by atoms with E-state index in [0.717, 1.165) is 24.3 Å². The molecule has 1 N–H and O–H groups in total. The van der Waals surface area contributed by atoms with E-state index in [1.807, 2.05) is 19.1 Å². The van der Waals surface area contributed by atoms with Crippen molar-refractivity contribution in [1.82, 2.24) is 4.90 Å². The number of rotatable bonds is 6. The quantitative estimate of drug-likeness (QED) is 0.764. The Morgan fingerprint density at radius 1 is 1.00 bits per heavy atom. The summed E-state index contributed by atoms with van der Waals surface area (Å²) in [5.74, 6) is -0.669. The number of nitrogens with zero attached hydrogens (tertiary/aromatic N) is 2. The zero-order valence-corrected chi connectivity index (χ0v) is 16.6. The van der Waals surface area contributed by atoms with E-state index in [9.17, 15) is 14.4 Å². The second-order valence-corrected chi connectivity index (χ2v) is 7.65. The Morgan fingerprint density at radius 3 is 2.28 bits per heavy atom. The summed E-state index contributed by atoms with van der Waals surface area (Å²) in [7, 11) is 0. The van der Waals surface area contributed by atoms with E-state index >= 15 is 0 Å². The number of anilines is 2. The van der Waals surface area contributed by atoms with E-state index in [2.05, 4.69) is 16.3 Å². The molecule has 2 aliphatic rings. The van der Waals surface area contributed by atoms with Crippen LogP contribution >= 0.6 is 0 Å². The molecule has 6 nitrogen and oxygen atoms in total. The number of nitrogens with one attached hydrogen (secondary N) is 1. The van der Waals surface area contributed by atoms with E-state index in [4.69, 9.17) is 0 Å². The molecule has 2 aromatic carbocycles. The third-order valence-corrected chi connectivity index (χ3v) is 5.62. The van der Waals surface area contributed by atoms with Gasteiger partial charge >= 0.3 is 0 Å². The Balaban J connectivity index is 1.30. The predicted octanol–water partition coefficient (Wildman–Crippen LogP) is 3.61. The van der Waals surface area contributed by atoms with Crippen molar-refractivity contribution < 1.29 is 14.4 Å². The zero-order valence-electron chi connectivity index (χ0n) is 16.6. The first-order valence-corrected chi connectivity index (χ1v) is 10.2. The fraction of sp³-hybridized carbons (Fsp3) is 0.348. The predicted molar refractivity (Wildman–Crippen MR) is 112 cm³/mol. The minimum atomic E-state index is -0.278. The molecule has 2 aliphatic heterocycles. The van der Waals surface area contributed by atoms with E-state index in [0.29, 0.717) is 17.5 Å². The lowest BCUT2D eigenvalue weighted by atomic mass is 10.1. The van der Waals surface area contributed by atoms with E-state index < -0.39 is 0 Å². The van der Waals surface area contributed by atoms with Crippen LogP contribution in [0.5, 0.6) is 0 Å². The van der Waals surface area contributed by atoms with Gasteiger partial charge in [0.25, 0.3) is 11.8 Å². The van der Waals surface area contributed by atoms with Crippen molar-refractivity contribution in [2.75, 3.05) is 29.9 Å². The number of benzene rings is 2. The molecule has 0 unspecified atom stereocenters. The van der Waals surface area contributed by atoms with Gasteiger partial charge in [0, 0.05) is 37.4 Å². The molecule has 2 aromatic rings. The van der Waals surface area contributed by atoms with Crippen molar-refractivity contribution in [3.05, 3.63) is 59.2 Å². The maximum atomic E-state index is 12.4. The summed E-state index contributed by atoms with van der Waals surface area (Å²) in [6.07, 6.45) is 3.14. The molecule has 0 aromatic heterocycles. The highest BCUT2D eigenvalue weighted by molar-refractivity contribution is 6.21. The van der Waals surface area contributed by atoms with Crippen LogP contribution in [0.15, 0.2) is 42.5 Å². The number of imide groups is 1. The van der Waals surface area contributed by atoms with Gasteiger partial charge in [-0.1, -0.05) is 12.1 Å². The van der Waals surface area contributed by atoms with Gasteiger partial charge in [0.05, 0.1) is 11.1 Å². The average molecular weight is 391 g/mol. The van der Waals surface area contributed by atoms with Gasteiger partial charge in [-0.05, 0) is 62.1 Å². The number of fused-ring (bicyclic) bond motifs is 1. The van der Waals surface area contributed by atoms with Crippen LogP contribution in [-0.4, -0.2) is 42.3 Å². The van der Waals surface area contributed by atoms with Crippen molar-refractivity contribution in [1.29, 1.82) is 0 Å². The molecule has 1 saturated heterocycles. The molecule has 0 aliphatic carbocycles. The van der Waals surface area contributed by atoms with Gasteiger partial charge in [0.15, 0.2) is 0 Å². The molecule has 6 heteroatoms. The molecule has 0 atom stereocenters. The highest BCUT2D eigenvalue weighted by atomic mass is 16.2. The molecule has 0 bridgehead atoms. The van der Waals surface area contributed by atoms with E-state index in [-0.39, 0.29) is 30.7 Å². The van der Waals surface area contributed by atoms with Gasteiger partial charge < -0.3 is 10.2 Å². The number of aryl methyl sites for hydroxylation is 1. The van der Waals surface area contributed by atoms with Gasteiger partial charge in [-0.3, -0.25) is 19.3 Å². The third-order valence-electron chi connectivity index (χ3n) is 5.62. The molecule has 1 fully saturated rings. The Bertz CT molecular complexity index is 929. The topological polar surface area (TPSA) is 69.7 Å². The standard InChI is InChI=1S/C23H25N3O3/c1-16-15-17(25-12-4-5-13-25)10-11-20(16)24-21(27)9-6-14-26-22(28)18-7-2-3-8-19(18)23(26)29/h2-3,7-8,10-11,15H,4-6,9,12-14H2,1H3,(H,24,27). The molecule has 0 saturated carbocycles. The second kappa shape index (κ2) is 8.07. The normalized spacial score (nSPS) is 15.8. The highest BCUT2D eigenvalue weighted by Gasteiger charge is 2.34. The lowest BCUT2D eigenvalue weighted by Gasteiger charge is -2.19. The first-order valence-electron chi connectivity index (χ1n) is 10.2. The van der Waals surface area contributed by atoms with Crippen molar-refractivity contribution in [3.63, 3.8) is 0 Å². The molecule has 3 amide bonds. The molecule has 29 heavy (non-hydrogen) atoms. The Kier molecular flexibility index (Phi) is 5.34. The number of amides is 3. The Hall–Kier alpha value is -3.15. The van der Waals surface area contributed by atoms with Crippen LogP contribution in [0.2, 0.25) is 0 Å². The largest absolute Gasteiger partial charge is 0.372 e. The maximum Gasteiger partial charge on any atom is 0.261 e. The van der Waals surface area contributed by atoms with E-state index in [1.165, 1.54) is 23.4 Å². The van der Waals surface area contributed by atoms with Crippen LogP contribution < -0.4 is 10.2 Å². The maximum absolute atomic E-state index is 12.4. The first kappa shape index (κ1) is 19.2. The summed E-state index contributed by atoms with van der Waals surface area (Å²) in [4.78, 5) is 40.7. The van der Waals surface area contributed by atoms with Crippen LogP contribution in [-0.2, 0) is 4.79 Å². The van der Waals surface area contributed by atoms with Crippen molar-refractivity contribution >= 4 is 29.1 Å². The van der Waals surface area contributed by atoms with Crippen LogP contribution in [0.4, 0.5) is 11.4 Å². The van der Waals surface area contributed by atoms with Gasteiger partial charge in [0.1, 0.15) is 0 Å². The fourth-order valence-corrected chi connectivity index (χ4v) is 4.01. The molecular weight excluding hydrogens is 366 g/mol. The molecule has 2 heterocycles. The number of carbonyl (C=O) groups excluding carboxylic acids is 3. The summed E-state index contributed by atoms with van der Waals surface area (Å²) in [6.45, 7) is 4.41. The van der Waals surface area contributed by atoms with Gasteiger partial charge in [0.2, 0.25) is 5.91 Å². The van der Waals surface area contributed by atoms with Crippen molar-refractivity contribution in [3.8, 4) is 0 Å². The van der Waals surface area contributed by atoms with Crippen LogP contribution in [0.3, 0.4) is 0 Å². The summed E-state index contributed by atoms with van der Waals surface area (Å²) in [5.41, 5.74) is 3.91. The van der Waals surface area contributed by atoms with Gasteiger partial charge in [-0.15, -0.1) is 0 Å². The lowest BCUT2D eigenvalue weighted by molar-refractivity contribution is -0.116. The lowest BCUT2D eigenvalue weighted by Crippen LogP contribution is -2.31. The van der Waals surface area contributed by atoms with E-state index in [1.54, 1.807) is 24.3 Å². The SMILES string of the molecule is Cc1cc(N2CCCC2)ccc1NC(=O)CCCN1C(=O)c2ccccc2C1=O. The van der Waals surface area contributed by atoms with Gasteiger partial charge in [-0.25, -0.2) is 0 Å². The molecule has 150 valence electrons. The molecule has 0 radical (unpaired) electrons. The number of hydrogen-bond donors (Lipinski definition) is 1. The van der Waals surface area contributed by atoms with Crippen LogP contribution in [0, 0.1) is 6.92 Å². The minimum Gasteiger partial charge on any atom is -0.372 e.